The first-order valence-corrected chi connectivity index (χ1v) is 8.76. The zero-order valence-electron chi connectivity index (χ0n) is 13.1. The summed E-state index contributed by atoms with van der Waals surface area (Å²) in [5.74, 6) is 1.39. The van der Waals surface area contributed by atoms with E-state index in [4.69, 9.17) is 13.9 Å². The van der Waals surface area contributed by atoms with Gasteiger partial charge in [0, 0.05) is 12.1 Å². The van der Waals surface area contributed by atoms with Crippen LogP contribution in [0.1, 0.15) is 18.6 Å². The summed E-state index contributed by atoms with van der Waals surface area (Å²) >= 11 is 0. The van der Waals surface area contributed by atoms with Gasteiger partial charge in [-0.15, -0.1) is 0 Å². The Morgan fingerprint density at radius 1 is 1.22 bits per heavy atom. The summed E-state index contributed by atoms with van der Waals surface area (Å²) in [6.07, 6.45) is 3.25. The Kier molecular flexibility index (Phi) is 4.32. The number of hydrogen-bond acceptors (Lipinski definition) is 5. The van der Waals surface area contributed by atoms with Crippen LogP contribution in [0, 0.1) is 0 Å². The summed E-state index contributed by atoms with van der Waals surface area (Å²) in [5.41, 5.74) is 0. The molecule has 6 nitrogen and oxygen atoms in total. The summed E-state index contributed by atoms with van der Waals surface area (Å²) in [5, 5.41) is 0. The van der Waals surface area contributed by atoms with Gasteiger partial charge in [-0.05, 0) is 37.1 Å². The Morgan fingerprint density at radius 2 is 2.00 bits per heavy atom. The fourth-order valence-electron chi connectivity index (χ4n) is 2.44. The Labute approximate surface area is 135 Å². The van der Waals surface area contributed by atoms with Crippen LogP contribution in [-0.2, 0) is 16.6 Å². The molecular formula is C16H19NO5S. The maximum Gasteiger partial charge on any atom is 0.247 e. The molecule has 23 heavy (non-hydrogen) atoms. The highest BCUT2D eigenvalue weighted by atomic mass is 32.2. The van der Waals surface area contributed by atoms with Crippen molar-refractivity contribution in [3.63, 3.8) is 0 Å². The van der Waals surface area contributed by atoms with Crippen molar-refractivity contribution in [1.82, 2.24) is 4.31 Å². The van der Waals surface area contributed by atoms with E-state index in [0.717, 1.165) is 12.8 Å². The van der Waals surface area contributed by atoms with Crippen LogP contribution in [0.5, 0.6) is 11.5 Å². The summed E-state index contributed by atoms with van der Waals surface area (Å²) in [4.78, 5) is 0.109. The minimum atomic E-state index is -3.72. The predicted octanol–water partition coefficient (Wildman–Crippen LogP) is 2.65. The molecule has 0 saturated heterocycles. The lowest BCUT2D eigenvalue weighted by Crippen LogP contribution is -2.32. The highest BCUT2D eigenvalue weighted by molar-refractivity contribution is 7.89. The van der Waals surface area contributed by atoms with E-state index >= 15 is 0 Å². The maximum absolute atomic E-state index is 13.1. The fraction of sp³-hybridized carbons (Fsp3) is 0.375. The van der Waals surface area contributed by atoms with Gasteiger partial charge in [-0.2, -0.15) is 4.31 Å². The molecule has 0 spiro atoms. The molecule has 1 saturated carbocycles. The topological polar surface area (TPSA) is 69.0 Å². The van der Waals surface area contributed by atoms with Gasteiger partial charge in [0.05, 0.1) is 27.0 Å². The molecule has 1 aromatic carbocycles. The average molecular weight is 337 g/mol. The number of hydrogen-bond donors (Lipinski definition) is 0. The lowest BCUT2D eigenvalue weighted by atomic mass is 10.3. The highest BCUT2D eigenvalue weighted by Gasteiger charge is 2.40. The van der Waals surface area contributed by atoms with E-state index in [-0.39, 0.29) is 17.5 Å². The van der Waals surface area contributed by atoms with Crippen molar-refractivity contribution in [2.24, 2.45) is 0 Å². The van der Waals surface area contributed by atoms with E-state index in [1.165, 1.54) is 24.6 Å². The van der Waals surface area contributed by atoms with Crippen molar-refractivity contribution < 1.29 is 22.3 Å². The molecular weight excluding hydrogens is 318 g/mol. The number of furan rings is 1. The fourth-order valence-corrected chi connectivity index (χ4v) is 4.26. The minimum Gasteiger partial charge on any atom is -0.497 e. The molecule has 0 bridgehead atoms. The summed E-state index contributed by atoms with van der Waals surface area (Å²) in [7, 11) is -0.768. The molecule has 0 aliphatic heterocycles. The van der Waals surface area contributed by atoms with E-state index in [0.29, 0.717) is 17.3 Å². The number of methoxy groups -OCH3 is 2. The Hall–Kier alpha value is -1.99. The van der Waals surface area contributed by atoms with Gasteiger partial charge in [-0.1, -0.05) is 0 Å². The van der Waals surface area contributed by atoms with Gasteiger partial charge in [0.1, 0.15) is 22.2 Å². The molecule has 0 amide bonds. The molecule has 1 fully saturated rings. The molecule has 124 valence electrons. The molecule has 1 aliphatic carbocycles. The second-order valence-electron chi connectivity index (χ2n) is 5.38. The number of benzene rings is 1. The monoisotopic (exact) mass is 337 g/mol. The third-order valence-corrected chi connectivity index (χ3v) is 5.72. The number of rotatable bonds is 7. The lowest BCUT2D eigenvalue weighted by Gasteiger charge is -2.22. The van der Waals surface area contributed by atoms with Crippen LogP contribution < -0.4 is 9.47 Å². The van der Waals surface area contributed by atoms with E-state index in [2.05, 4.69) is 0 Å². The third kappa shape index (κ3) is 3.20. The molecule has 3 rings (SSSR count). The second-order valence-corrected chi connectivity index (χ2v) is 7.24. The molecule has 0 N–H and O–H groups in total. The Balaban J connectivity index is 2.01. The zero-order chi connectivity index (χ0) is 16.4. The largest absolute Gasteiger partial charge is 0.497 e. The third-order valence-electron chi connectivity index (χ3n) is 3.80. The maximum atomic E-state index is 13.1. The summed E-state index contributed by atoms with van der Waals surface area (Å²) in [6.45, 7) is 0.209. The van der Waals surface area contributed by atoms with Crippen LogP contribution in [0.2, 0.25) is 0 Å². The molecule has 0 unspecified atom stereocenters. The highest BCUT2D eigenvalue weighted by Crippen LogP contribution is 2.37. The minimum absolute atomic E-state index is 0.000933. The number of ether oxygens (including phenoxy) is 2. The molecule has 0 atom stereocenters. The first-order valence-electron chi connectivity index (χ1n) is 7.32. The van der Waals surface area contributed by atoms with Gasteiger partial charge in [0.25, 0.3) is 0 Å². The van der Waals surface area contributed by atoms with Crippen molar-refractivity contribution in [3.05, 3.63) is 42.4 Å². The number of nitrogens with zero attached hydrogens (tertiary/aromatic N) is 1. The van der Waals surface area contributed by atoms with Crippen molar-refractivity contribution in [3.8, 4) is 11.5 Å². The second kappa shape index (κ2) is 6.25. The van der Waals surface area contributed by atoms with E-state index in [9.17, 15) is 8.42 Å². The summed E-state index contributed by atoms with van der Waals surface area (Å²) in [6, 6.07) is 8.29. The first-order chi connectivity index (χ1) is 11.1. The van der Waals surface area contributed by atoms with Gasteiger partial charge >= 0.3 is 0 Å². The predicted molar refractivity (Wildman–Crippen MR) is 84.0 cm³/mol. The van der Waals surface area contributed by atoms with Gasteiger partial charge in [-0.25, -0.2) is 8.42 Å². The average Bonchev–Trinajstić information content (AvgIpc) is 3.27. The van der Waals surface area contributed by atoms with E-state index < -0.39 is 10.0 Å². The van der Waals surface area contributed by atoms with Gasteiger partial charge in [0.15, 0.2) is 0 Å². The lowest BCUT2D eigenvalue weighted by molar-refractivity contribution is 0.350. The van der Waals surface area contributed by atoms with Crippen LogP contribution in [0.4, 0.5) is 0 Å². The Bertz CT molecular complexity index is 766. The normalized spacial score (nSPS) is 14.9. The standard InChI is InChI=1S/C16H19NO5S/c1-20-13-7-8-15(21-2)16(10-13)23(18,19)17(12-5-6-12)11-14-4-3-9-22-14/h3-4,7-10,12H,5-6,11H2,1-2H3. The van der Waals surface area contributed by atoms with Crippen LogP contribution in [0.25, 0.3) is 0 Å². The molecule has 0 radical (unpaired) electrons. The molecule has 1 aliphatic rings. The quantitative estimate of drug-likeness (QED) is 0.777. The Morgan fingerprint density at radius 3 is 2.57 bits per heavy atom. The van der Waals surface area contributed by atoms with Crippen molar-refractivity contribution in [2.75, 3.05) is 14.2 Å². The number of sulfonamides is 1. The van der Waals surface area contributed by atoms with Gasteiger partial charge < -0.3 is 13.9 Å². The van der Waals surface area contributed by atoms with E-state index in [1.54, 1.807) is 30.5 Å². The van der Waals surface area contributed by atoms with Crippen LogP contribution in [0.3, 0.4) is 0 Å². The summed E-state index contributed by atoms with van der Waals surface area (Å²) < 4.78 is 43.4. The van der Waals surface area contributed by atoms with E-state index in [1.807, 2.05) is 0 Å². The van der Waals surface area contributed by atoms with Gasteiger partial charge in [0.2, 0.25) is 10.0 Å². The first kappa shape index (κ1) is 15.9. The molecule has 7 heteroatoms. The molecule has 1 heterocycles. The zero-order valence-corrected chi connectivity index (χ0v) is 13.9. The van der Waals surface area contributed by atoms with Gasteiger partial charge in [-0.3, -0.25) is 0 Å². The smallest absolute Gasteiger partial charge is 0.247 e. The van der Waals surface area contributed by atoms with Crippen LogP contribution in [-0.4, -0.2) is 33.0 Å². The van der Waals surface area contributed by atoms with Crippen LogP contribution >= 0.6 is 0 Å². The van der Waals surface area contributed by atoms with Crippen LogP contribution in [0.15, 0.2) is 45.9 Å². The SMILES string of the molecule is COc1ccc(OC)c(S(=O)(=O)N(Cc2ccco2)C2CC2)c1. The molecule has 1 aromatic heterocycles. The molecule has 2 aromatic rings. The van der Waals surface area contributed by atoms with Crippen molar-refractivity contribution in [2.45, 2.75) is 30.3 Å². The van der Waals surface area contributed by atoms with Crippen molar-refractivity contribution in [1.29, 1.82) is 0 Å². The van der Waals surface area contributed by atoms with Crippen molar-refractivity contribution >= 4 is 10.0 Å².